The molecule has 0 radical (unpaired) electrons. The molecule has 0 saturated carbocycles. The van der Waals surface area contributed by atoms with E-state index in [2.05, 4.69) is 24.1 Å². The molecule has 0 aromatic carbocycles. The fourth-order valence-corrected chi connectivity index (χ4v) is 2.35. The van der Waals surface area contributed by atoms with Gasteiger partial charge in [-0.05, 0) is 18.3 Å². The van der Waals surface area contributed by atoms with Crippen molar-refractivity contribution in [2.45, 2.75) is 20.3 Å². The molecule has 0 aliphatic carbocycles. The third kappa shape index (κ3) is 4.61. The lowest BCUT2D eigenvalue weighted by Crippen LogP contribution is -2.45. The number of piperidine rings is 1. The Hall–Kier alpha value is -1.10. The summed E-state index contributed by atoms with van der Waals surface area (Å²) < 4.78 is 0. The van der Waals surface area contributed by atoms with Gasteiger partial charge in [0.1, 0.15) is 6.54 Å². The molecule has 2 atom stereocenters. The van der Waals surface area contributed by atoms with Gasteiger partial charge in [0.25, 0.3) is 0 Å². The van der Waals surface area contributed by atoms with Crippen LogP contribution in [0.15, 0.2) is 0 Å². The molecule has 0 aromatic rings. The highest BCUT2D eigenvalue weighted by atomic mass is 16.4. The molecule has 0 spiro atoms. The predicted molar refractivity (Wildman–Crippen MR) is 60.0 cm³/mol. The van der Waals surface area contributed by atoms with Gasteiger partial charge in [-0.1, -0.05) is 13.8 Å². The summed E-state index contributed by atoms with van der Waals surface area (Å²) in [6.45, 7) is 6.21. The minimum absolute atomic E-state index is 0.205. The lowest BCUT2D eigenvalue weighted by molar-refractivity contribution is -0.138. The van der Waals surface area contributed by atoms with Crippen molar-refractivity contribution in [2.75, 3.05) is 26.2 Å². The van der Waals surface area contributed by atoms with Gasteiger partial charge in [-0.25, -0.2) is 0 Å². The smallest absolute Gasteiger partial charge is 0.322 e. The molecule has 1 rings (SSSR count). The van der Waals surface area contributed by atoms with E-state index in [9.17, 15) is 9.59 Å². The molecule has 0 bridgehead atoms. The van der Waals surface area contributed by atoms with Crippen LogP contribution < -0.4 is 5.32 Å². The SMILES string of the molecule is CC1CC(C)CN(CC(=O)NCC(=O)O)C1. The van der Waals surface area contributed by atoms with Crippen molar-refractivity contribution in [1.29, 1.82) is 0 Å². The topological polar surface area (TPSA) is 69.6 Å². The van der Waals surface area contributed by atoms with E-state index < -0.39 is 5.97 Å². The van der Waals surface area contributed by atoms with Crippen molar-refractivity contribution in [3.8, 4) is 0 Å². The number of carbonyl (C=O) groups excluding carboxylic acids is 1. The molecule has 1 heterocycles. The number of rotatable bonds is 4. The van der Waals surface area contributed by atoms with Gasteiger partial charge in [-0.15, -0.1) is 0 Å². The summed E-state index contributed by atoms with van der Waals surface area (Å²) in [6, 6.07) is 0. The van der Waals surface area contributed by atoms with E-state index in [1.807, 2.05) is 0 Å². The van der Waals surface area contributed by atoms with Gasteiger partial charge in [0, 0.05) is 13.1 Å². The summed E-state index contributed by atoms with van der Waals surface area (Å²) in [5.74, 6) is 0.00415. The number of hydrogen-bond acceptors (Lipinski definition) is 3. The number of amides is 1. The molecule has 0 aromatic heterocycles. The Bertz CT molecular complexity index is 258. The number of hydrogen-bond donors (Lipinski definition) is 2. The second-order valence-corrected chi connectivity index (χ2v) is 4.81. The average Bonchev–Trinajstić information content (AvgIpc) is 2.12. The number of nitrogens with one attached hydrogen (secondary N) is 1. The minimum Gasteiger partial charge on any atom is -0.480 e. The molecule has 1 amide bonds. The highest BCUT2D eigenvalue weighted by molar-refractivity contribution is 5.82. The number of likely N-dealkylation sites (tertiary alicyclic amines) is 1. The first-order valence-corrected chi connectivity index (χ1v) is 5.68. The molecule has 5 nitrogen and oxygen atoms in total. The van der Waals surface area contributed by atoms with Crippen LogP contribution in [-0.4, -0.2) is 48.1 Å². The Balaban J connectivity index is 2.30. The standard InChI is InChI=1S/C11H20N2O3/c1-8-3-9(2)6-13(5-8)7-10(14)12-4-11(15)16/h8-9H,3-7H2,1-2H3,(H,12,14)(H,15,16). The minimum atomic E-state index is -1.01. The van der Waals surface area contributed by atoms with E-state index in [1.165, 1.54) is 6.42 Å². The third-order valence-corrected chi connectivity index (χ3v) is 2.75. The maximum Gasteiger partial charge on any atom is 0.322 e. The van der Waals surface area contributed by atoms with Crippen LogP contribution in [0.5, 0.6) is 0 Å². The van der Waals surface area contributed by atoms with Gasteiger partial charge >= 0.3 is 5.97 Å². The van der Waals surface area contributed by atoms with Crippen molar-refractivity contribution in [3.05, 3.63) is 0 Å². The Morgan fingerprint density at radius 3 is 2.38 bits per heavy atom. The molecule has 1 aliphatic rings. The zero-order chi connectivity index (χ0) is 12.1. The lowest BCUT2D eigenvalue weighted by atomic mass is 9.92. The van der Waals surface area contributed by atoms with Crippen LogP contribution >= 0.6 is 0 Å². The van der Waals surface area contributed by atoms with E-state index in [4.69, 9.17) is 5.11 Å². The lowest BCUT2D eigenvalue weighted by Gasteiger charge is -2.34. The molecule has 1 aliphatic heterocycles. The van der Waals surface area contributed by atoms with Gasteiger partial charge in [0.2, 0.25) is 5.91 Å². The monoisotopic (exact) mass is 228 g/mol. The Labute approximate surface area is 95.8 Å². The fraction of sp³-hybridized carbons (Fsp3) is 0.818. The van der Waals surface area contributed by atoms with Crippen molar-refractivity contribution >= 4 is 11.9 Å². The van der Waals surface area contributed by atoms with E-state index in [0.717, 1.165) is 13.1 Å². The second-order valence-electron chi connectivity index (χ2n) is 4.81. The first-order chi connectivity index (χ1) is 7.47. The predicted octanol–water partition coefficient (Wildman–Crippen LogP) is 0.165. The Morgan fingerprint density at radius 2 is 1.88 bits per heavy atom. The molecule has 2 N–H and O–H groups in total. The maximum absolute atomic E-state index is 11.4. The molecule has 1 saturated heterocycles. The van der Waals surface area contributed by atoms with Gasteiger partial charge in [0.05, 0.1) is 6.54 Å². The largest absolute Gasteiger partial charge is 0.480 e. The van der Waals surface area contributed by atoms with E-state index in [-0.39, 0.29) is 12.5 Å². The van der Waals surface area contributed by atoms with E-state index >= 15 is 0 Å². The quantitative estimate of drug-likeness (QED) is 0.719. The van der Waals surface area contributed by atoms with Crippen molar-refractivity contribution in [1.82, 2.24) is 10.2 Å². The maximum atomic E-state index is 11.4. The van der Waals surface area contributed by atoms with Crippen LogP contribution in [0.4, 0.5) is 0 Å². The van der Waals surface area contributed by atoms with Crippen LogP contribution in [0.3, 0.4) is 0 Å². The van der Waals surface area contributed by atoms with E-state index in [1.54, 1.807) is 0 Å². The number of aliphatic carboxylic acids is 1. The molecular formula is C11H20N2O3. The van der Waals surface area contributed by atoms with Gasteiger partial charge < -0.3 is 10.4 Å². The van der Waals surface area contributed by atoms with Crippen LogP contribution in [0.1, 0.15) is 20.3 Å². The zero-order valence-corrected chi connectivity index (χ0v) is 9.90. The molecule has 16 heavy (non-hydrogen) atoms. The van der Waals surface area contributed by atoms with Gasteiger partial charge in [-0.2, -0.15) is 0 Å². The Kier molecular flexibility index (Phi) is 4.73. The van der Waals surface area contributed by atoms with Crippen molar-refractivity contribution < 1.29 is 14.7 Å². The summed E-state index contributed by atoms with van der Waals surface area (Å²) in [5.41, 5.74) is 0. The summed E-state index contributed by atoms with van der Waals surface area (Å²) in [7, 11) is 0. The average molecular weight is 228 g/mol. The first kappa shape index (κ1) is 13.0. The Morgan fingerprint density at radius 1 is 1.31 bits per heavy atom. The summed E-state index contributed by atoms with van der Waals surface area (Å²) in [5, 5.41) is 10.8. The van der Waals surface area contributed by atoms with Crippen molar-refractivity contribution in [2.24, 2.45) is 11.8 Å². The van der Waals surface area contributed by atoms with Crippen LogP contribution in [0.25, 0.3) is 0 Å². The first-order valence-electron chi connectivity index (χ1n) is 5.68. The van der Waals surface area contributed by atoms with Crippen LogP contribution in [0, 0.1) is 11.8 Å². The number of carbonyl (C=O) groups is 2. The van der Waals surface area contributed by atoms with Crippen LogP contribution in [-0.2, 0) is 9.59 Å². The molecule has 5 heteroatoms. The number of carboxylic acids is 1. The van der Waals surface area contributed by atoms with Crippen molar-refractivity contribution in [3.63, 3.8) is 0 Å². The fourth-order valence-electron chi connectivity index (χ4n) is 2.35. The third-order valence-electron chi connectivity index (χ3n) is 2.75. The number of nitrogens with zero attached hydrogens (tertiary/aromatic N) is 1. The summed E-state index contributed by atoms with van der Waals surface area (Å²) in [4.78, 5) is 23.8. The van der Waals surface area contributed by atoms with Gasteiger partial charge in [0.15, 0.2) is 0 Å². The molecule has 1 fully saturated rings. The second kappa shape index (κ2) is 5.84. The molecular weight excluding hydrogens is 208 g/mol. The molecule has 92 valence electrons. The van der Waals surface area contributed by atoms with E-state index in [0.29, 0.717) is 18.4 Å². The molecule has 2 unspecified atom stereocenters. The number of carboxylic acid groups (broad SMARTS) is 1. The summed E-state index contributed by atoms with van der Waals surface area (Å²) in [6.07, 6.45) is 1.20. The zero-order valence-electron chi connectivity index (χ0n) is 9.90. The highest BCUT2D eigenvalue weighted by Crippen LogP contribution is 2.20. The normalized spacial score (nSPS) is 26.4. The summed E-state index contributed by atoms with van der Waals surface area (Å²) >= 11 is 0. The van der Waals surface area contributed by atoms with Gasteiger partial charge in [-0.3, -0.25) is 14.5 Å². The highest BCUT2D eigenvalue weighted by Gasteiger charge is 2.23. The van der Waals surface area contributed by atoms with Crippen LogP contribution in [0.2, 0.25) is 0 Å².